The lowest BCUT2D eigenvalue weighted by Crippen LogP contribution is -2.44. The lowest BCUT2D eigenvalue weighted by molar-refractivity contribution is -0.122. The zero-order chi connectivity index (χ0) is 15.5. The standard InChI is InChI=1S/C16H17N3O3/c1-21-13-5-11(6-14(7-13)22-2)15-16(18-4-3-17-15)12-8-19(9-12)10-20/h3-7,10,12H,8-9H2,1-2H3. The maximum absolute atomic E-state index is 10.7. The van der Waals surface area contributed by atoms with Crippen molar-refractivity contribution in [1.29, 1.82) is 0 Å². The highest BCUT2D eigenvalue weighted by atomic mass is 16.5. The lowest BCUT2D eigenvalue weighted by Gasteiger charge is -2.36. The summed E-state index contributed by atoms with van der Waals surface area (Å²) in [5.41, 5.74) is 2.59. The van der Waals surface area contributed by atoms with Crippen molar-refractivity contribution in [1.82, 2.24) is 14.9 Å². The third kappa shape index (κ3) is 2.59. The van der Waals surface area contributed by atoms with Crippen molar-refractivity contribution >= 4 is 6.41 Å². The molecule has 1 aliphatic heterocycles. The van der Waals surface area contributed by atoms with E-state index in [2.05, 4.69) is 9.97 Å². The molecule has 3 rings (SSSR count). The maximum Gasteiger partial charge on any atom is 0.209 e. The quantitative estimate of drug-likeness (QED) is 0.787. The normalized spacial score (nSPS) is 14.4. The Hall–Kier alpha value is -2.63. The van der Waals surface area contributed by atoms with Gasteiger partial charge in [0.1, 0.15) is 11.5 Å². The fraction of sp³-hybridized carbons (Fsp3) is 0.312. The second kappa shape index (κ2) is 6.01. The average Bonchev–Trinajstić information content (AvgIpc) is 2.54. The van der Waals surface area contributed by atoms with E-state index in [9.17, 15) is 4.79 Å². The molecule has 1 amide bonds. The first-order valence-electron chi connectivity index (χ1n) is 6.99. The van der Waals surface area contributed by atoms with Gasteiger partial charge in [0.2, 0.25) is 6.41 Å². The summed E-state index contributed by atoms with van der Waals surface area (Å²) >= 11 is 0. The zero-order valence-corrected chi connectivity index (χ0v) is 12.5. The summed E-state index contributed by atoms with van der Waals surface area (Å²) in [6.07, 6.45) is 4.21. The van der Waals surface area contributed by atoms with Gasteiger partial charge < -0.3 is 14.4 Å². The van der Waals surface area contributed by atoms with Gasteiger partial charge in [0.25, 0.3) is 0 Å². The summed E-state index contributed by atoms with van der Waals surface area (Å²) in [5.74, 6) is 1.62. The van der Waals surface area contributed by atoms with Gasteiger partial charge in [-0.2, -0.15) is 0 Å². The van der Waals surface area contributed by atoms with E-state index in [0.29, 0.717) is 24.6 Å². The van der Waals surface area contributed by atoms with Crippen molar-refractivity contribution in [3.8, 4) is 22.8 Å². The summed E-state index contributed by atoms with van der Waals surface area (Å²) in [4.78, 5) is 21.4. The van der Waals surface area contributed by atoms with E-state index < -0.39 is 0 Å². The topological polar surface area (TPSA) is 64.6 Å². The molecule has 0 N–H and O–H groups in total. The van der Waals surface area contributed by atoms with E-state index in [1.807, 2.05) is 18.2 Å². The Morgan fingerprint density at radius 1 is 1.09 bits per heavy atom. The first-order valence-corrected chi connectivity index (χ1v) is 6.99. The molecule has 1 aromatic carbocycles. The summed E-state index contributed by atoms with van der Waals surface area (Å²) in [7, 11) is 3.23. The number of methoxy groups -OCH3 is 2. The van der Waals surface area contributed by atoms with E-state index in [-0.39, 0.29) is 5.92 Å². The van der Waals surface area contributed by atoms with Gasteiger partial charge in [0.15, 0.2) is 0 Å². The fourth-order valence-corrected chi connectivity index (χ4v) is 2.59. The third-order valence-corrected chi connectivity index (χ3v) is 3.80. The Bertz CT molecular complexity index is 662. The monoisotopic (exact) mass is 299 g/mol. The van der Waals surface area contributed by atoms with Gasteiger partial charge in [-0.3, -0.25) is 14.8 Å². The number of amides is 1. The molecule has 0 spiro atoms. The van der Waals surface area contributed by atoms with Gasteiger partial charge >= 0.3 is 0 Å². The van der Waals surface area contributed by atoms with Crippen molar-refractivity contribution in [2.45, 2.75) is 5.92 Å². The molecule has 0 radical (unpaired) electrons. The van der Waals surface area contributed by atoms with E-state index >= 15 is 0 Å². The van der Waals surface area contributed by atoms with Crippen LogP contribution >= 0.6 is 0 Å². The Morgan fingerprint density at radius 2 is 1.73 bits per heavy atom. The Kier molecular flexibility index (Phi) is 3.91. The number of aromatic nitrogens is 2. The predicted octanol–water partition coefficient (Wildman–Crippen LogP) is 1.72. The number of hydrogen-bond acceptors (Lipinski definition) is 5. The van der Waals surface area contributed by atoms with Gasteiger partial charge in [0.05, 0.1) is 25.6 Å². The highest BCUT2D eigenvalue weighted by Gasteiger charge is 2.30. The first-order chi connectivity index (χ1) is 10.7. The highest BCUT2D eigenvalue weighted by molar-refractivity contribution is 5.67. The molecule has 1 fully saturated rings. The van der Waals surface area contributed by atoms with Crippen LogP contribution in [0.4, 0.5) is 0 Å². The second-order valence-electron chi connectivity index (χ2n) is 5.15. The SMILES string of the molecule is COc1cc(OC)cc(-c2nccnc2C2CN(C=O)C2)c1. The minimum Gasteiger partial charge on any atom is -0.497 e. The molecule has 6 nitrogen and oxygen atoms in total. The molecule has 1 saturated heterocycles. The van der Waals surface area contributed by atoms with Gasteiger partial charge in [-0.25, -0.2) is 0 Å². The van der Waals surface area contributed by atoms with Crippen molar-refractivity contribution in [2.75, 3.05) is 27.3 Å². The molecule has 22 heavy (non-hydrogen) atoms. The van der Waals surface area contributed by atoms with Crippen molar-refractivity contribution < 1.29 is 14.3 Å². The number of ether oxygens (including phenoxy) is 2. The van der Waals surface area contributed by atoms with Gasteiger partial charge in [-0.15, -0.1) is 0 Å². The van der Waals surface area contributed by atoms with Crippen LogP contribution in [0.5, 0.6) is 11.5 Å². The van der Waals surface area contributed by atoms with Crippen LogP contribution in [-0.4, -0.2) is 48.6 Å². The van der Waals surface area contributed by atoms with E-state index in [1.165, 1.54) is 0 Å². The van der Waals surface area contributed by atoms with Crippen LogP contribution < -0.4 is 9.47 Å². The van der Waals surface area contributed by atoms with Gasteiger partial charge in [0, 0.05) is 43.0 Å². The Morgan fingerprint density at radius 3 is 2.32 bits per heavy atom. The first kappa shape index (κ1) is 14.3. The smallest absolute Gasteiger partial charge is 0.209 e. The molecule has 2 heterocycles. The molecule has 6 heteroatoms. The highest BCUT2D eigenvalue weighted by Crippen LogP contribution is 2.34. The van der Waals surface area contributed by atoms with Crippen LogP contribution in [0.25, 0.3) is 11.3 Å². The molecule has 0 aliphatic carbocycles. The molecule has 0 unspecified atom stereocenters. The van der Waals surface area contributed by atoms with Gasteiger partial charge in [-0.05, 0) is 12.1 Å². The van der Waals surface area contributed by atoms with E-state index in [1.54, 1.807) is 31.5 Å². The molecular formula is C16H17N3O3. The van der Waals surface area contributed by atoms with Crippen molar-refractivity contribution in [3.63, 3.8) is 0 Å². The summed E-state index contributed by atoms with van der Waals surface area (Å²) < 4.78 is 10.6. The largest absolute Gasteiger partial charge is 0.497 e. The van der Waals surface area contributed by atoms with Crippen LogP contribution in [0.1, 0.15) is 11.6 Å². The predicted molar refractivity (Wildman–Crippen MR) is 81.0 cm³/mol. The Labute approximate surface area is 128 Å². The van der Waals surface area contributed by atoms with Crippen LogP contribution in [-0.2, 0) is 4.79 Å². The molecule has 0 bridgehead atoms. The number of carbonyl (C=O) groups excluding carboxylic acids is 1. The number of carbonyl (C=O) groups is 1. The van der Waals surface area contributed by atoms with Crippen LogP contribution in [0.2, 0.25) is 0 Å². The number of rotatable bonds is 5. The minimum atomic E-state index is 0.214. The summed E-state index contributed by atoms with van der Waals surface area (Å²) in [5, 5.41) is 0. The van der Waals surface area contributed by atoms with Crippen molar-refractivity contribution in [2.24, 2.45) is 0 Å². The molecule has 2 aromatic rings. The lowest BCUT2D eigenvalue weighted by atomic mass is 9.93. The van der Waals surface area contributed by atoms with Gasteiger partial charge in [-0.1, -0.05) is 0 Å². The van der Waals surface area contributed by atoms with Crippen LogP contribution in [0, 0.1) is 0 Å². The third-order valence-electron chi connectivity index (χ3n) is 3.80. The number of nitrogens with zero attached hydrogens (tertiary/aromatic N) is 3. The molecule has 1 aromatic heterocycles. The van der Waals surface area contributed by atoms with E-state index in [0.717, 1.165) is 23.4 Å². The molecule has 0 atom stereocenters. The van der Waals surface area contributed by atoms with Crippen molar-refractivity contribution in [3.05, 3.63) is 36.3 Å². The second-order valence-corrected chi connectivity index (χ2v) is 5.15. The van der Waals surface area contributed by atoms with Crippen LogP contribution in [0.3, 0.4) is 0 Å². The minimum absolute atomic E-state index is 0.214. The number of likely N-dealkylation sites (tertiary alicyclic amines) is 1. The molecule has 0 saturated carbocycles. The molecule has 1 aliphatic rings. The molecule has 114 valence electrons. The maximum atomic E-state index is 10.7. The number of hydrogen-bond donors (Lipinski definition) is 0. The van der Waals surface area contributed by atoms with E-state index in [4.69, 9.17) is 9.47 Å². The molecular weight excluding hydrogens is 282 g/mol. The fourth-order valence-electron chi connectivity index (χ4n) is 2.59. The summed E-state index contributed by atoms with van der Waals surface area (Å²) in [6.45, 7) is 1.35. The zero-order valence-electron chi connectivity index (χ0n) is 12.5. The van der Waals surface area contributed by atoms with Crippen LogP contribution in [0.15, 0.2) is 30.6 Å². The summed E-state index contributed by atoms with van der Waals surface area (Å²) in [6, 6.07) is 5.63. The Balaban J connectivity index is 2.00. The average molecular weight is 299 g/mol. The number of benzene rings is 1.